The van der Waals surface area contributed by atoms with Crippen molar-refractivity contribution in [1.82, 2.24) is 0 Å². The Balaban J connectivity index is 2.84. The average Bonchev–Trinajstić information content (AvgIpc) is 2.29. The zero-order valence-electron chi connectivity index (χ0n) is 11.3. The van der Waals surface area contributed by atoms with Gasteiger partial charge in [-0.15, -0.1) is 0 Å². The quantitative estimate of drug-likeness (QED) is 0.766. The summed E-state index contributed by atoms with van der Waals surface area (Å²) >= 11 is 0. The van der Waals surface area contributed by atoms with E-state index in [9.17, 15) is 9.59 Å². The van der Waals surface area contributed by atoms with Crippen molar-refractivity contribution in [3.05, 3.63) is 0 Å². The van der Waals surface area contributed by atoms with Crippen molar-refractivity contribution in [2.45, 2.75) is 52.4 Å². The molecule has 0 spiro atoms. The van der Waals surface area contributed by atoms with Gasteiger partial charge in [0.15, 0.2) is 0 Å². The maximum absolute atomic E-state index is 11.0. The SMILES string of the molecule is CCC1CCC(CC(=O)O)C(CC(=O)O)C1CC. The van der Waals surface area contributed by atoms with E-state index in [0.29, 0.717) is 11.8 Å². The Bertz CT molecular complexity index is 300. The van der Waals surface area contributed by atoms with E-state index in [1.807, 2.05) is 0 Å². The van der Waals surface area contributed by atoms with Crippen LogP contribution in [0.2, 0.25) is 0 Å². The first-order chi connectivity index (χ1) is 8.49. The standard InChI is InChI=1S/C14H24O4/c1-3-9-5-6-10(7-13(15)16)12(8-14(17)18)11(9)4-2/h9-12H,3-8H2,1-2H3,(H,15,16)(H,17,18). The van der Waals surface area contributed by atoms with Gasteiger partial charge in [0.1, 0.15) is 0 Å². The van der Waals surface area contributed by atoms with Crippen molar-refractivity contribution in [3.63, 3.8) is 0 Å². The van der Waals surface area contributed by atoms with Gasteiger partial charge in [-0.1, -0.05) is 26.7 Å². The fourth-order valence-electron chi connectivity index (χ4n) is 3.70. The molecule has 0 aliphatic heterocycles. The molecule has 4 heteroatoms. The van der Waals surface area contributed by atoms with Crippen LogP contribution in [-0.4, -0.2) is 22.2 Å². The monoisotopic (exact) mass is 256 g/mol. The molecule has 4 nitrogen and oxygen atoms in total. The third-order valence-electron chi connectivity index (χ3n) is 4.51. The van der Waals surface area contributed by atoms with Gasteiger partial charge in [-0.2, -0.15) is 0 Å². The van der Waals surface area contributed by atoms with E-state index in [0.717, 1.165) is 25.7 Å². The van der Waals surface area contributed by atoms with Crippen LogP contribution in [0.15, 0.2) is 0 Å². The van der Waals surface area contributed by atoms with E-state index in [2.05, 4.69) is 13.8 Å². The van der Waals surface area contributed by atoms with Gasteiger partial charge in [-0.3, -0.25) is 9.59 Å². The average molecular weight is 256 g/mol. The zero-order valence-corrected chi connectivity index (χ0v) is 11.3. The Morgan fingerprint density at radius 1 is 0.889 bits per heavy atom. The minimum Gasteiger partial charge on any atom is -0.481 e. The molecule has 0 saturated heterocycles. The van der Waals surface area contributed by atoms with Crippen LogP contribution in [0.3, 0.4) is 0 Å². The number of hydrogen-bond acceptors (Lipinski definition) is 2. The summed E-state index contributed by atoms with van der Waals surface area (Å²) in [5.74, 6) is -0.618. The third kappa shape index (κ3) is 3.72. The Morgan fingerprint density at radius 2 is 1.44 bits per heavy atom. The summed E-state index contributed by atoms with van der Waals surface area (Å²) in [6, 6.07) is 0. The highest BCUT2D eigenvalue weighted by atomic mass is 16.4. The van der Waals surface area contributed by atoms with Crippen LogP contribution in [-0.2, 0) is 9.59 Å². The lowest BCUT2D eigenvalue weighted by molar-refractivity contribution is -0.144. The van der Waals surface area contributed by atoms with Crippen molar-refractivity contribution in [3.8, 4) is 0 Å². The lowest BCUT2D eigenvalue weighted by Crippen LogP contribution is -2.36. The normalized spacial score (nSPS) is 32.1. The van der Waals surface area contributed by atoms with Crippen LogP contribution in [0.1, 0.15) is 52.4 Å². The topological polar surface area (TPSA) is 74.6 Å². The van der Waals surface area contributed by atoms with E-state index in [1.165, 1.54) is 0 Å². The number of carbonyl (C=O) groups is 2. The molecule has 104 valence electrons. The molecule has 0 aromatic carbocycles. The van der Waals surface area contributed by atoms with Gasteiger partial charge in [0.2, 0.25) is 0 Å². The second kappa shape index (κ2) is 6.76. The maximum Gasteiger partial charge on any atom is 0.303 e. The van der Waals surface area contributed by atoms with Crippen molar-refractivity contribution in [2.24, 2.45) is 23.7 Å². The van der Waals surface area contributed by atoms with E-state index in [1.54, 1.807) is 0 Å². The van der Waals surface area contributed by atoms with E-state index >= 15 is 0 Å². The van der Waals surface area contributed by atoms with Crippen LogP contribution in [0, 0.1) is 23.7 Å². The summed E-state index contributed by atoms with van der Waals surface area (Å²) in [5.41, 5.74) is 0. The predicted molar refractivity (Wildman–Crippen MR) is 68.3 cm³/mol. The summed E-state index contributed by atoms with van der Waals surface area (Å²) in [6.07, 6.45) is 4.15. The predicted octanol–water partition coefficient (Wildman–Crippen LogP) is 3.01. The van der Waals surface area contributed by atoms with Gasteiger partial charge >= 0.3 is 11.9 Å². The fourth-order valence-corrected chi connectivity index (χ4v) is 3.70. The van der Waals surface area contributed by atoms with E-state index < -0.39 is 11.9 Å². The molecule has 0 amide bonds. The summed E-state index contributed by atoms with van der Waals surface area (Å²) < 4.78 is 0. The zero-order chi connectivity index (χ0) is 13.7. The molecule has 0 heterocycles. The lowest BCUT2D eigenvalue weighted by Gasteiger charge is -2.42. The first-order valence-corrected chi connectivity index (χ1v) is 6.93. The highest BCUT2D eigenvalue weighted by molar-refractivity contribution is 5.68. The Labute approximate surface area is 108 Å². The Kier molecular flexibility index (Phi) is 5.63. The minimum absolute atomic E-state index is 0.0299. The molecular weight excluding hydrogens is 232 g/mol. The van der Waals surface area contributed by atoms with Crippen molar-refractivity contribution < 1.29 is 19.8 Å². The van der Waals surface area contributed by atoms with Crippen molar-refractivity contribution >= 4 is 11.9 Å². The molecule has 1 rings (SSSR count). The summed E-state index contributed by atoms with van der Waals surface area (Å²) in [6.45, 7) is 4.23. The minimum atomic E-state index is -0.805. The second-order valence-corrected chi connectivity index (χ2v) is 5.44. The largest absolute Gasteiger partial charge is 0.481 e. The van der Waals surface area contributed by atoms with Crippen molar-refractivity contribution in [1.29, 1.82) is 0 Å². The van der Waals surface area contributed by atoms with Gasteiger partial charge in [-0.05, 0) is 36.5 Å². The molecule has 1 saturated carbocycles. The lowest BCUT2D eigenvalue weighted by atomic mass is 9.63. The van der Waals surface area contributed by atoms with Crippen molar-refractivity contribution in [2.75, 3.05) is 0 Å². The molecule has 0 bridgehead atoms. The molecule has 4 atom stereocenters. The highest BCUT2D eigenvalue weighted by Crippen LogP contribution is 2.45. The van der Waals surface area contributed by atoms with Crippen LogP contribution in [0.25, 0.3) is 0 Å². The van der Waals surface area contributed by atoms with Gasteiger partial charge < -0.3 is 10.2 Å². The van der Waals surface area contributed by atoms with Crippen LogP contribution < -0.4 is 0 Å². The van der Waals surface area contributed by atoms with Crippen LogP contribution in [0.4, 0.5) is 0 Å². The highest BCUT2D eigenvalue weighted by Gasteiger charge is 2.39. The summed E-state index contributed by atoms with van der Waals surface area (Å²) in [5, 5.41) is 18.0. The number of hydrogen-bond donors (Lipinski definition) is 2. The fraction of sp³-hybridized carbons (Fsp3) is 0.857. The smallest absolute Gasteiger partial charge is 0.303 e. The third-order valence-corrected chi connectivity index (χ3v) is 4.51. The molecule has 2 N–H and O–H groups in total. The Hall–Kier alpha value is -1.06. The summed E-state index contributed by atoms with van der Waals surface area (Å²) in [4.78, 5) is 21.9. The first kappa shape index (κ1) is 15.0. The first-order valence-electron chi connectivity index (χ1n) is 6.93. The number of carboxylic acid groups (broad SMARTS) is 2. The van der Waals surface area contributed by atoms with E-state index in [4.69, 9.17) is 10.2 Å². The Morgan fingerprint density at radius 3 is 1.89 bits per heavy atom. The molecule has 1 fully saturated rings. The molecule has 4 unspecified atom stereocenters. The van der Waals surface area contributed by atoms with Gasteiger partial charge in [0, 0.05) is 12.8 Å². The molecule has 0 aromatic rings. The van der Waals surface area contributed by atoms with Gasteiger partial charge in [0.25, 0.3) is 0 Å². The molecule has 1 aliphatic rings. The van der Waals surface area contributed by atoms with Crippen LogP contribution >= 0.6 is 0 Å². The number of carboxylic acids is 2. The molecule has 18 heavy (non-hydrogen) atoms. The number of aliphatic carboxylic acids is 2. The summed E-state index contributed by atoms with van der Waals surface area (Å²) in [7, 11) is 0. The molecule has 1 aliphatic carbocycles. The number of rotatable bonds is 6. The van der Waals surface area contributed by atoms with E-state index in [-0.39, 0.29) is 24.7 Å². The molecular formula is C14H24O4. The van der Waals surface area contributed by atoms with Crippen LogP contribution in [0.5, 0.6) is 0 Å². The maximum atomic E-state index is 11.0. The van der Waals surface area contributed by atoms with Gasteiger partial charge in [-0.25, -0.2) is 0 Å². The molecule has 0 radical (unpaired) electrons. The van der Waals surface area contributed by atoms with Gasteiger partial charge in [0.05, 0.1) is 0 Å². The molecule has 0 aromatic heterocycles. The second-order valence-electron chi connectivity index (χ2n) is 5.44.